The molecule has 1 aromatic carbocycles. The van der Waals surface area contributed by atoms with Gasteiger partial charge in [0.05, 0.1) is 18.8 Å². The molecule has 0 saturated carbocycles. The van der Waals surface area contributed by atoms with Crippen molar-refractivity contribution in [2.24, 2.45) is 0 Å². The van der Waals surface area contributed by atoms with E-state index >= 15 is 0 Å². The lowest BCUT2D eigenvalue weighted by atomic mass is 10.2. The molecular weight excluding hydrogens is 334 g/mol. The lowest BCUT2D eigenvalue weighted by Crippen LogP contribution is -2.36. The molecule has 0 unspecified atom stereocenters. The number of hydrogen-bond donors (Lipinski definition) is 1. The van der Waals surface area contributed by atoms with Gasteiger partial charge in [0.1, 0.15) is 0 Å². The third-order valence-electron chi connectivity index (χ3n) is 4.08. The minimum atomic E-state index is -0.908. The molecule has 136 valence electrons. The van der Waals surface area contributed by atoms with Gasteiger partial charge in [-0.25, -0.2) is 4.79 Å². The number of hydrogen-bond acceptors (Lipinski definition) is 6. The van der Waals surface area contributed by atoms with Gasteiger partial charge >= 0.3 is 5.97 Å². The van der Waals surface area contributed by atoms with Gasteiger partial charge in [0.15, 0.2) is 6.10 Å². The third kappa shape index (κ3) is 4.58. The summed E-state index contributed by atoms with van der Waals surface area (Å²) >= 11 is 0. The molecule has 1 aromatic heterocycles. The normalized spacial score (nSPS) is 15.2. The number of ether oxygens (including phenoxy) is 2. The smallest absolute Gasteiger partial charge is 0.339 e. The van der Waals surface area contributed by atoms with Crippen molar-refractivity contribution in [1.29, 1.82) is 0 Å². The Kier molecular flexibility index (Phi) is 5.80. The number of pyridine rings is 1. The number of esters is 1. The van der Waals surface area contributed by atoms with E-state index in [9.17, 15) is 9.59 Å². The molecule has 1 atom stereocenters. The molecule has 2 heterocycles. The first kappa shape index (κ1) is 17.9. The van der Waals surface area contributed by atoms with Gasteiger partial charge in [-0.1, -0.05) is 0 Å². The molecule has 7 heteroatoms. The van der Waals surface area contributed by atoms with Crippen molar-refractivity contribution in [2.45, 2.75) is 13.0 Å². The Morgan fingerprint density at radius 2 is 1.77 bits per heavy atom. The average molecular weight is 355 g/mol. The molecule has 1 aliphatic heterocycles. The van der Waals surface area contributed by atoms with Crippen molar-refractivity contribution >= 4 is 23.3 Å². The van der Waals surface area contributed by atoms with Crippen LogP contribution in [0.3, 0.4) is 0 Å². The van der Waals surface area contributed by atoms with Gasteiger partial charge < -0.3 is 19.7 Å². The number of nitrogens with one attached hydrogen (secondary N) is 1. The molecule has 1 N–H and O–H groups in total. The molecule has 0 radical (unpaired) electrons. The molecule has 3 rings (SSSR count). The van der Waals surface area contributed by atoms with Crippen LogP contribution in [-0.4, -0.2) is 49.3 Å². The number of nitrogens with zero attached hydrogens (tertiary/aromatic N) is 2. The fourth-order valence-electron chi connectivity index (χ4n) is 2.59. The van der Waals surface area contributed by atoms with Crippen LogP contribution in [0.1, 0.15) is 17.3 Å². The van der Waals surface area contributed by atoms with Crippen molar-refractivity contribution in [2.75, 3.05) is 36.5 Å². The molecule has 26 heavy (non-hydrogen) atoms. The molecular formula is C19H21N3O4. The summed E-state index contributed by atoms with van der Waals surface area (Å²) < 4.78 is 10.5. The van der Waals surface area contributed by atoms with Gasteiger partial charge in [0.2, 0.25) is 0 Å². The number of anilines is 2. The van der Waals surface area contributed by atoms with Crippen LogP contribution in [0.5, 0.6) is 0 Å². The lowest BCUT2D eigenvalue weighted by Gasteiger charge is -2.28. The van der Waals surface area contributed by atoms with E-state index < -0.39 is 12.1 Å². The van der Waals surface area contributed by atoms with E-state index in [1.54, 1.807) is 0 Å². The van der Waals surface area contributed by atoms with E-state index in [0.717, 1.165) is 32.0 Å². The summed E-state index contributed by atoms with van der Waals surface area (Å²) in [6, 6.07) is 10.7. The van der Waals surface area contributed by atoms with Crippen LogP contribution < -0.4 is 10.2 Å². The van der Waals surface area contributed by atoms with Crippen molar-refractivity contribution in [3.8, 4) is 0 Å². The van der Waals surface area contributed by atoms with Crippen LogP contribution in [-0.2, 0) is 14.3 Å². The Morgan fingerprint density at radius 3 is 2.42 bits per heavy atom. The number of carbonyl (C=O) groups excluding carboxylic acids is 2. The van der Waals surface area contributed by atoms with Crippen molar-refractivity contribution in [3.63, 3.8) is 0 Å². The van der Waals surface area contributed by atoms with E-state index in [4.69, 9.17) is 9.47 Å². The first-order valence-electron chi connectivity index (χ1n) is 8.48. The van der Waals surface area contributed by atoms with Gasteiger partial charge in [-0.05, 0) is 43.3 Å². The first-order chi connectivity index (χ1) is 12.6. The minimum Gasteiger partial charge on any atom is -0.449 e. The second kappa shape index (κ2) is 8.44. The van der Waals surface area contributed by atoms with E-state index in [0.29, 0.717) is 11.3 Å². The maximum atomic E-state index is 12.2. The minimum absolute atomic E-state index is 0.356. The number of aromatic nitrogens is 1. The fraction of sp³-hybridized carbons (Fsp3) is 0.316. The number of rotatable bonds is 5. The summed E-state index contributed by atoms with van der Waals surface area (Å²) in [5, 5.41) is 2.76. The zero-order valence-corrected chi connectivity index (χ0v) is 14.6. The van der Waals surface area contributed by atoms with Crippen LogP contribution in [0.2, 0.25) is 0 Å². The summed E-state index contributed by atoms with van der Waals surface area (Å²) in [7, 11) is 0. The Hall–Kier alpha value is -2.93. The van der Waals surface area contributed by atoms with E-state index in [2.05, 4.69) is 15.2 Å². The summed E-state index contributed by atoms with van der Waals surface area (Å²) in [4.78, 5) is 30.3. The predicted molar refractivity (Wildman–Crippen MR) is 97.2 cm³/mol. The van der Waals surface area contributed by atoms with Crippen LogP contribution in [0.4, 0.5) is 11.4 Å². The highest BCUT2D eigenvalue weighted by molar-refractivity contribution is 5.97. The van der Waals surface area contributed by atoms with E-state index in [-0.39, 0.29) is 5.91 Å². The Balaban J connectivity index is 1.54. The number of benzene rings is 1. The summed E-state index contributed by atoms with van der Waals surface area (Å²) in [5.41, 5.74) is 2.09. The van der Waals surface area contributed by atoms with Gasteiger partial charge in [-0.15, -0.1) is 0 Å². The van der Waals surface area contributed by atoms with Crippen molar-refractivity contribution in [3.05, 3.63) is 54.4 Å². The highest BCUT2D eigenvalue weighted by Crippen LogP contribution is 2.19. The van der Waals surface area contributed by atoms with Gasteiger partial charge in [-0.3, -0.25) is 9.78 Å². The highest BCUT2D eigenvalue weighted by atomic mass is 16.5. The molecule has 1 amide bonds. The summed E-state index contributed by atoms with van der Waals surface area (Å²) in [6.07, 6.45) is 2.09. The maximum Gasteiger partial charge on any atom is 0.339 e. The highest BCUT2D eigenvalue weighted by Gasteiger charge is 2.19. The zero-order chi connectivity index (χ0) is 18.4. The molecule has 0 bridgehead atoms. The molecule has 1 fully saturated rings. The fourth-order valence-corrected chi connectivity index (χ4v) is 2.59. The van der Waals surface area contributed by atoms with E-state index in [1.165, 1.54) is 31.5 Å². The summed E-state index contributed by atoms with van der Waals surface area (Å²) in [6.45, 7) is 4.69. The van der Waals surface area contributed by atoms with Crippen LogP contribution >= 0.6 is 0 Å². The van der Waals surface area contributed by atoms with Gasteiger partial charge in [-0.2, -0.15) is 0 Å². The van der Waals surface area contributed by atoms with Gasteiger partial charge in [0.25, 0.3) is 5.91 Å². The largest absolute Gasteiger partial charge is 0.449 e. The van der Waals surface area contributed by atoms with Crippen LogP contribution in [0.25, 0.3) is 0 Å². The van der Waals surface area contributed by atoms with Crippen molar-refractivity contribution < 1.29 is 19.1 Å². The SMILES string of the molecule is C[C@@H](OC(=O)c1ccncc1)C(=O)Nc1ccc(N2CCOCC2)cc1. The Labute approximate surface area is 151 Å². The monoisotopic (exact) mass is 355 g/mol. The standard InChI is InChI=1S/C19H21N3O4/c1-14(26-19(24)15-6-8-20-9-7-15)18(23)21-16-2-4-17(5-3-16)22-10-12-25-13-11-22/h2-9,14H,10-13H2,1H3,(H,21,23)/t14-/m1/s1. The zero-order valence-electron chi connectivity index (χ0n) is 14.6. The Bertz CT molecular complexity index is 743. The molecule has 1 saturated heterocycles. The first-order valence-corrected chi connectivity index (χ1v) is 8.48. The van der Waals surface area contributed by atoms with Crippen LogP contribution in [0.15, 0.2) is 48.8 Å². The molecule has 0 spiro atoms. The predicted octanol–water partition coefficient (Wildman–Crippen LogP) is 2.10. The molecule has 1 aliphatic rings. The third-order valence-corrected chi connectivity index (χ3v) is 4.08. The van der Waals surface area contributed by atoms with Crippen molar-refractivity contribution in [1.82, 2.24) is 4.98 Å². The second-order valence-corrected chi connectivity index (χ2v) is 5.92. The topological polar surface area (TPSA) is 80.8 Å². The lowest BCUT2D eigenvalue weighted by molar-refractivity contribution is -0.123. The van der Waals surface area contributed by atoms with Gasteiger partial charge in [0, 0.05) is 36.9 Å². The quantitative estimate of drug-likeness (QED) is 0.828. The maximum absolute atomic E-state index is 12.2. The average Bonchev–Trinajstić information content (AvgIpc) is 2.70. The number of amides is 1. The summed E-state index contributed by atoms with van der Waals surface area (Å²) in [5.74, 6) is -0.941. The number of carbonyl (C=O) groups is 2. The second-order valence-electron chi connectivity index (χ2n) is 5.92. The molecule has 2 aromatic rings. The Morgan fingerprint density at radius 1 is 1.12 bits per heavy atom. The molecule has 7 nitrogen and oxygen atoms in total. The van der Waals surface area contributed by atoms with E-state index in [1.807, 2.05) is 24.3 Å². The molecule has 0 aliphatic carbocycles. The van der Waals surface area contributed by atoms with Crippen LogP contribution in [0, 0.1) is 0 Å². The number of morpholine rings is 1.